The Morgan fingerprint density at radius 1 is 1.19 bits per heavy atom. The first-order valence-corrected chi connectivity index (χ1v) is 9.64. The number of pyridine rings is 1. The molecule has 2 aromatic rings. The molecule has 2 atom stereocenters. The van der Waals surface area contributed by atoms with Crippen LogP contribution in [0.1, 0.15) is 31.3 Å². The number of rotatable bonds is 5. The number of imidazole rings is 1. The largest absolute Gasteiger partial charge is 0.338 e. The molecule has 3 aliphatic rings. The number of hydrogen-bond donors (Lipinski definition) is 0. The molecule has 0 spiro atoms. The first kappa shape index (κ1) is 17.7. The number of hydrogen-bond acceptors (Lipinski definition) is 4. The molecule has 0 N–H and O–H groups in total. The first-order valence-electron chi connectivity index (χ1n) is 9.64. The fraction of sp³-hybridized carbons (Fsp3) is 0.500. The minimum atomic E-state index is -0.107. The van der Waals surface area contributed by atoms with Crippen LogP contribution in [0.25, 0.3) is 0 Å². The van der Waals surface area contributed by atoms with E-state index >= 15 is 0 Å². The Morgan fingerprint density at radius 3 is 2.85 bits per heavy atom. The first-order chi connectivity index (χ1) is 13.2. The van der Waals surface area contributed by atoms with Gasteiger partial charge in [-0.05, 0) is 25.0 Å². The average Bonchev–Trinajstić information content (AvgIpc) is 2.95. The summed E-state index contributed by atoms with van der Waals surface area (Å²) in [7, 11) is 0. The van der Waals surface area contributed by atoms with Crippen LogP contribution >= 0.6 is 0 Å². The molecule has 0 aromatic carbocycles. The summed E-state index contributed by atoms with van der Waals surface area (Å²) in [5, 5.41) is 0. The summed E-state index contributed by atoms with van der Waals surface area (Å²) < 4.78 is 1.91. The van der Waals surface area contributed by atoms with Gasteiger partial charge < -0.3 is 14.4 Å². The van der Waals surface area contributed by atoms with E-state index in [0.717, 1.165) is 30.8 Å². The standard InChI is InChI=1S/C20H25N5O2/c1-2-18-22-9-10-23(18)14-19(26)24-11-15-6-7-17(13-24)25(20(15)27)12-16-5-3-4-8-21-16/h3-5,8-10,15,17H,2,6-7,11-14H2,1H3/t15-,17+/m0/s1. The molecule has 3 aliphatic heterocycles. The molecule has 0 unspecified atom stereocenters. The quantitative estimate of drug-likeness (QED) is 0.803. The minimum absolute atomic E-state index is 0.0621. The Hall–Kier alpha value is -2.70. The molecule has 7 heteroatoms. The maximum Gasteiger partial charge on any atom is 0.242 e. The summed E-state index contributed by atoms with van der Waals surface area (Å²) in [4.78, 5) is 38.3. The summed E-state index contributed by atoms with van der Waals surface area (Å²) in [5.41, 5.74) is 0.891. The predicted molar refractivity (Wildman–Crippen MR) is 99.5 cm³/mol. The molecule has 2 bridgehead atoms. The van der Waals surface area contributed by atoms with E-state index in [1.165, 1.54) is 0 Å². The lowest BCUT2D eigenvalue weighted by atomic mass is 9.94. The van der Waals surface area contributed by atoms with Crippen molar-refractivity contribution in [2.24, 2.45) is 5.92 Å². The molecule has 7 nitrogen and oxygen atoms in total. The average molecular weight is 367 g/mol. The number of aromatic nitrogens is 3. The van der Waals surface area contributed by atoms with Gasteiger partial charge in [0.1, 0.15) is 12.4 Å². The molecule has 27 heavy (non-hydrogen) atoms. The summed E-state index contributed by atoms with van der Waals surface area (Å²) in [6.45, 7) is 3.96. The Kier molecular flexibility index (Phi) is 4.92. The van der Waals surface area contributed by atoms with Crippen molar-refractivity contribution >= 4 is 11.8 Å². The zero-order valence-electron chi connectivity index (χ0n) is 15.6. The minimum Gasteiger partial charge on any atom is -0.338 e. The summed E-state index contributed by atoms with van der Waals surface area (Å²) >= 11 is 0. The van der Waals surface area contributed by atoms with Gasteiger partial charge in [0.05, 0.1) is 18.2 Å². The second kappa shape index (κ2) is 7.50. The second-order valence-electron chi connectivity index (χ2n) is 7.34. The van der Waals surface area contributed by atoms with E-state index in [1.54, 1.807) is 12.4 Å². The number of fused-ring (bicyclic) bond motifs is 4. The molecule has 0 radical (unpaired) electrons. The predicted octanol–water partition coefficient (Wildman–Crippen LogP) is 1.49. The van der Waals surface area contributed by atoms with Crippen LogP contribution in [-0.4, -0.2) is 55.3 Å². The third kappa shape index (κ3) is 3.59. The Labute approximate surface area is 159 Å². The van der Waals surface area contributed by atoms with Crippen LogP contribution in [0.5, 0.6) is 0 Å². The van der Waals surface area contributed by atoms with Crippen molar-refractivity contribution in [1.82, 2.24) is 24.3 Å². The number of amides is 2. The van der Waals surface area contributed by atoms with E-state index in [1.807, 2.05) is 45.7 Å². The van der Waals surface area contributed by atoms with Crippen LogP contribution in [0.2, 0.25) is 0 Å². The third-order valence-corrected chi connectivity index (χ3v) is 5.63. The summed E-state index contributed by atoms with van der Waals surface area (Å²) in [6, 6.07) is 5.83. The topological polar surface area (TPSA) is 71.3 Å². The van der Waals surface area contributed by atoms with Crippen LogP contribution in [0.3, 0.4) is 0 Å². The Morgan fingerprint density at radius 2 is 2.07 bits per heavy atom. The second-order valence-corrected chi connectivity index (χ2v) is 7.34. The van der Waals surface area contributed by atoms with Crippen LogP contribution in [0.4, 0.5) is 0 Å². The molecule has 0 aliphatic carbocycles. The number of piperidine rings is 1. The lowest BCUT2D eigenvalue weighted by Crippen LogP contribution is -2.47. The molecule has 3 saturated heterocycles. The molecule has 0 saturated carbocycles. The van der Waals surface area contributed by atoms with Crippen molar-refractivity contribution < 1.29 is 9.59 Å². The van der Waals surface area contributed by atoms with Crippen molar-refractivity contribution in [2.75, 3.05) is 13.1 Å². The summed E-state index contributed by atoms with van der Waals surface area (Å²) in [5.74, 6) is 1.02. The Balaban J connectivity index is 1.48. The maximum absolute atomic E-state index is 12.9. The summed E-state index contributed by atoms with van der Waals surface area (Å²) in [6.07, 6.45) is 7.93. The lowest BCUT2D eigenvalue weighted by molar-refractivity contribution is -0.140. The zero-order chi connectivity index (χ0) is 18.8. The number of carbonyl (C=O) groups excluding carboxylic acids is 2. The van der Waals surface area contributed by atoms with Gasteiger partial charge in [-0.1, -0.05) is 13.0 Å². The third-order valence-electron chi connectivity index (χ3n) is 5.63. The van der Waals surface area contributed by atoms with Gasteiger partial charge in [0, 0.05) is 44.1 Å². The number of carbonyl (C=O) groups is 2. The van der Waals surface area contributed by atoms with Gasteiger partial charge in [0.25, 0.3) is 0 Å². The van der Waals surface area contributed by atoms with Crippen molar-refractivity contribution in [3.63, 3.8) is 0 Å². The van der Waals surface area contributed by atoms with Crippen molar-refractivity contribution in [2.45, 2.75) is 45.3 Å². The van der Waals surface area contributed by atoms with Gasteiger partial charge in [-0.2, -0.15) is 0 Å². The van der Waals surface area contributed by atoms with E-state index in [2.05, 4.69) is 9.97 Å². The van der Waals surface area contributed by atoms with Crippen molar-refractivity contribution in [3.8, 4) is 0 Å². The van der Waals surface area contributed by atoms with Crippen LogP contribution in [-0.2, 0) is 29.1 Å². The fourth-order valence-corrected chi connectivity index (χ4v) is 4.16. The molecule has 5 rings (SSSR count). The van der Waals surface area contributed by atoms with Gasteiger partial charge in [0.15, 0.2) is 0 Å². The van der Waals surface area contributed by atoms with Crippen LogP contribution in [0, 0.1) is 5.92 Å². The highest BCUT2D eigenvalue weighted by Gasteiger charge is 2.41. The molecule has 5 heterocycles. The zero-order valence-corrected chi connectivity index (χ0v) is 15.6. The smallest absolute Gasteiger partial charge is 0.242 e. The van der Waals surface area contributed by atoms with Gasteiger partial charge in [-0.25, -0.2) is 4.98 Å². The van der Waals surface area contributed by atoms with E-state index in [4.69, 9.17) is 0 Å². The molecule has 142 valence electrons. The van der Waals surface area contributed by atoms with Gasteiger partial charge >= 0.3 is 0 Å². The van der Waals surface area contributed by atoms with Crippen molar-refractivity contribution in [1.29, 1.82) is 0 Å². The van der Waals surface area contributed by atoms with E-state index in [9.17, 15) is 9.59 Å². The van der Waals surface area contributed by atoms with Gasteiger partial charge in [0.2, 0.25) is 11.8 Å². The maximum atomic E-state index is 12.9. The van der Waals surface area contributed by atoms with Gasteiger partial charge in [-0.3, -0.25) is 14.6 Å². The monoisotopic (exact) mass is 367 g/mol. The molecular formula is C20H25N5O2. The highest BCUT2D eigenvalue weighted by molar-refractivity contribution is 5.83. The van der Waals surface area contributed by atoms with E-state index in [0.29, 0.717) is 19.6 Å². The SMILES string of the molecule is CCc1nccn1CC(=O)N1C[C@@H]2CC[C@H](C1)N(Cc1ccccn1)C2=O. The number of nitrogens with zero attached hydrogens (tertiary/aromatic N) is 5. The van der Waals surface area contributed by atoms with Crippen LogP contribution < -0.4 is 0 Å². The lowest BCUT2D eigenvalue weighted by Gasteiger charge is -2.35. The van der Waals surface area contributed by atoms with E-state index in [-0.39, 0.29) is 30.3 Å². The highest BCUT2D eigenvalue weighted by Crippen LogP contribution is 2.30. The van der Waals surface area contributed by atoms with Gasteiger partial charge in [-0.15, -0.1) is 0 Å². The Bertz CT molecular complexity index is 819. The number of aryl methyl sites for hydroxylation is 1. The fourth-order valence-electron chi connectivity index (χ4n) is 4.16. The normalized spacial score (nSPS) is 22.2. The van der Waals surface area contributed by atoms with Crippen molar-refractivity contribution in [3.05, 3.63) is 48.3 Å². The highest BCUT2D eigenvalue weighted by atomic mass is 16.2. The molecular weight excluding hydrogens is 342 g/mol. The van der Waals surface area contributed by atoms with Crippen LogP contribution in [0.15, 0.2) is 36.8 Å². The molecule has 3 fully saturated rings. The van der Waals surface area contributed by atoms with E-state index < -0.39 is 0 Å². The molecule has 2 aromatic heterocycles. The molecule has 2 amide bonds.